The fraction of sp³-hybridized carbons (Fsp3) is 0.780. The van der Waals surface area contributed by atoms with Gasteiger partial charge in [-0.25, -0.2) is 4.79 Å². The Kier molecular flexibility index (Phi) is 8.37. The molecule has 1 aliphatic heterocycles. The molecule has 280 valence electrons. The number of aliphatic carboxylic acids is 1. The van der Waals surface area contributed by atoms with E-state index in [1.165, 1.54) is 0 Å². The molecule has 1 aromatic heterocycles. The van der Waals surface area contributed by atoms with Crippen LogP contribution in [0.3, 0.4) is 0 Å². The Bertz CT molecular complexity index is 1760. The van der Waals surface area contributed by atoms with Crippen molar-refractivity contribution in [2.24, 2.45) is 56.2 Å². The third kappa shape index (κ3) is 5.07. The lowest BCUT2D eigenvalue weighted by atomic mass is 9.33. The number of ether oxygens (including phenoxy) is 1. The van der Waals surface area contributed by atoms with E-state index in [0.29, 0.717) is 25.8 Å². The highest BCUT2D eigenvalue weighted by Gasteiger charge is 2.72. The molecule has 1 aromatic rings. The number of rotatable bonds is 6. The van der Waals surface area contributed by atoms with Gasteiger partial charge in [-0.1, -0.05) is 33.3 Å². The van der Waals surface area contributed by atoms with Gasteiger partial charge in [0.05, 0.1) is 10.8 Å². The average molecular weight is 708 g/mol. The maximum Gasteiger partial charge on any atom is 0.519 e. The number of nitrogens with zero attached hydrogens (tertiary/aromatic N) is 1. The lowest BCUT2D eigenvalue weighted by Gasteiger charge is -2.70. The van der Waals surface area contributed by atoms with Gasteiger partial charge in [0.25, 0.3) is 0 Å². The first-order valence-corrected chi connectivity index (χ1v) is 19.2. The second-order valence-corrected chi connectivity index (χ2v) is 19.0. The molecule has 0 spiro atoms. The van der Waals surface area contributed by atoms with E-state index in [4.69, 9.17) is 13.6 Å². The Hall–Kier alpha value is -3.01. The minimum Gasteiger partial charge on any atom is -0.481 e. The third-order valence-electron chi connectivity index (χ3n) is 16.6. The molecular weight excluding hydrogens is 650 g/mol. The molecule has 2 heterocycles. The summed E-state index contributed by atoms with van der Waals surface area (Å²) in [5, 5.41) is 10.3. The van der Waals surface area contributed by atoms with Crippen LogP contribution < -0.4 is 5.82 Å². The van der Waals surface area contributed by atoms with Crippen LogP contribution in [0.1, 0.15) is 124 Å². The highest BCUT2D eigenvalue weighted by Crippen LogP contribution is 2.75. The lowest BCUT2D eigenvalue weighted by molar-refractivity contribution is -0.211. The van der Waals surface area contributed by atoms with Gasteiger partial charge in [0.2, 0.25) is 0 Å². The molecule has 1 N–H and O–H groups in total. The van der Waals surface area contributed by atoms with E-state index in [9.17, 15) is 29.1 Å². The van der Waals surface area contributed by atoms with Crippen molar-refractivity contribution in [2.75, 3.05) is 13.1 Å². The zero-order valence-electron chi connectivity index (χ0n) is 31.8. The Morgan fingerprint density at radius 1 is 0.941 bits per heavy atom. The van der Waals surface area contributed by atoms with Gasteiger partial charge >= 0.3 is 17.8 Å². The number of likely N-dealkylation sites (tertiary alicyclic amines) is 1. The SMILES string of the molecule is CC(=O)[C@@H]1CCN([C@H]2CC[C@@]3(C)[C@@H](CC[C@]4(C)[C@@H]3C(=O)C=C3[C@@H]5C[C@@](C)(C(=O)O)CC[C@]5(C)CC[C@]34C)[C@]2(C)C(=O)OCc2oc(=O)oc2C)C1. The van der Waals surface area contributed by atoms with E-state index in [1.807, 2.05) is 19.9 Å². The fourth-order valence-corrected chi connectivity index (χ4v) is 13.1. The monoisotopic (exact) mass is 707 g/mol. The number of ketones is 2. The highest BCUT2D eigenvalue weighted by atomic mass is 16.6. The van der Waals surface area contributed by atoms with Crippen molar-refractivity contribution in [1.82, 2.24) is 4.90 Å². The molecule has 4 saturated carbocycles. The highest BCUT2D eigenvalue weighted by molar-refractivity contribution is 5.96. The molecule has 0 bridgehead atoms. The number of aryl methyl sites for hydroxylation is 1. The zero-order valence-corrected chi connectivity index (χ0v) is 31.8. The minimum absolute atomic E-state index is 0.0325. The van der Waals surface area contributed by atoms with E-state index in [1.54, 1.807) is 13.8 Å². The van der Waals surface area contributed by atoms with E-state index in [2.05, 4.69) is 32.6 Å². The number of allylic oxidation sites excluding steroid dienone is 2. The molecule has 5 aliphatic carbocycles. The molecule has 0 radical (unpaired) electrons. The van der Waals surface area contributed by atoms with Gasteiger partial charge in [-0.3, -0.25) is 24.1 Å². The smallest absolute Gasteiger partial charge is 0.481 e. The molecule has 10 nitrogen and oxygen atoms in total. The number of Topliss-reactive ketones (excluding diaryl/α,β-unsaturated/α-hetero) is 1. The van der Waals surface area contributed by atoms with Crippen molar-refractivity contribution in [3.63, 3.8) is 0 Å². The summed E-state index contributed by atoms with van der Waals surface area (Å²) in [6, 6.07) is -0.180. The van der Waals surface area contributed by atoms with E-state index in [-0.39, 0.29) is 81.6 Å². The van der Waals surface area contributed by atoms with Crippen LogP contribution in [0.25, 0.3) is 0 Å². The Balaban J connectivity index is 1.28. The Labute approximate surface area is 301 Å². The van der Waals surface area contributed by atoms with Crippen LogP contribution in [-0.4, -0.2) is 52.6 Å². The summed E-state index contributed by atoms with van der Waals surface area (Å²) >= 11 is 0. The molecule has 10 heteroatoms. The van der Waals surface area contributed by atoms with Crippen molar-refractivity contribution < 1.29 is 37.9 Å². The normalized spacial score (nSPS) is 45.1. The standard InChI is InChI=1S/C41H57NO9/c1-23(43)25-11-18-42(21-25)31-10-12-38(5)30(41(31,8)34(47)49-22-29-24(2)50-35(48)51-29)9-13-40(7)32(38)28(44)19-26-27-20-37(4,33(45)46)15-14-36(27,3)16-17-39(26,40)6/h19,25,27,30-32H,9-18,20-22H2,1-8H3,(H,45,46)/t25-,27+,30-,31+,32-,36-,37+,38+,39-,40-,41+/m1/s1. The summed E-state index contributed by atoms with van der Waals surface area (Å²) in [6.45, 7) is 17.4. The number of carbonyl (C=O) groups excluding carboxylic acids is 3. The first-order valence-electron chi connectivity index (χ1n) is 19.2. The van der Waals surface area contributed by atoms with Gasteiger partial charge in [-0.15, -0.1) is 0 Å². The lowest BCUT2D eigenvalue weighted by Crippen LogP contribution is -2.69. The molecular formula is C41H57NO9. The van der Waals surface area contributed by atoms with Crippen molar-refractivity contribution in [3.05, 3.63) is 33.8 Å². The molecule has 11 atom stereocenters. The van der Waals surface area contributed by atoms with Crippen LogP contribution in [0.15, 0.2) is 25.3 Å². The van der Waals surface area contributed by atoms with Gasteiger partial charge in [0.15, 0.2) is 23.9 Å². The maximum atomic E-state index is 14.9. The van der Waals surface area contributed by atoms with Gasteiger partial charge < -0.3 is 18.7 Å². The van der Waals surface area contributed by atoms with Gasteiger partial charge in [0.1, 0.15) is 5.78 Å². The van der Waals surface area contributed by atoms with Gasteiger partial charge in [0, 0.05) is 24.4 Å². The first kappa shape index (κ1) is 36.4. The van der Waals surface area contributed by atoms with Crippen molar-refractivity contribution in [3.8, 4) is 0 Å². The van der Waals surface area contributed by atoms with Gasteiger partial charge in [-0.05, 0) is 138 Å². The summed E-state index contributed by atoms with van der Waals surface area (Å²) < 4.78 is 16.3. The summed E-state index contributed by atoms with van der Waals surface area (Å²) in [5.41, 5.74) is -1.86. The number of carboxylic acids is 1. The Morgan fingerprint density at radius 2 is 1.65 bits per heavy atom. The van der Waals surface area contributed by atoms with Crippen LogP contribution in [0.2, 0.25) is 0 Å². The predicted octanol–water partition coefficient (Wildman–Crippen LogP) is 6.91. The summed E-state index contributed by atoms with van der Waals surface area (Å²) in [7, 11) is 0. The predicted molar refractivity (Wildman–Crippen MR) is 187 cm³/mol. The van der Waals surface area contributed by atoms with Crippen LogP contribution in [0.4, 0.5) is 0 Å². The van der Waals surface area contributed by atoms with Crippen LogP contribution in [0.5, 0.6) is 0 Å². The van der Waals surface area contributed by atoms with Crippen LogP contribution in [0, 0.1) is 63.1 Å². The molecule has 6 aliphatic rings. The van der Waals surface area contributed by atoms with Crippen molar-refractivity contribution >= 4 is 23.5 Å². The Morgan fingerprint density at radius 3 is 2.27 bits per heavy atom. The zero-order chi connectivity index (χ0) is 37.1. The first-order chi connectivity index (χ1) is 23.7. The third-order valence-corrected chi connectivity index (χ3v) is 16.6. The molecule has 0 unspecified atom stereocenters. The maximum absolute atomic E-state index is 14.9. The van der Waals surface area contributed by atoms with E-state index in [0.717, 1.165) is 57.1 Å². The van der Waals surface area contributed by atoms with E-state index < -0.39 is 28.0 Å². The molecule has 0 aromatic carbocycles. The summed E-state index contributed by atoms with van der Waals surface area (Å²) in [5.74, 6) is -1.77. The largest absolute Gasteiger partial charge is 0.519 e. The number of carbonyl (C=O) groups is 4. The molecule has 0 amide bonds. The second-order valence-electron chi connectivity index (χ2n) is 19.0. The quantitative estimate of drug-likeness (QED) is 0.310. The average Bonchev–Trinajstić information content (AvgIpc) is 3.67. The van der Waals surface area contributed by atoms with E-state index >= 15 is 0 Å². The fourth-order valence-electron chi connectivity index (χ4n) is 13.1. The number of carboxylic acid groups (broad SMARTS) is 1. The second kappa shape index (κ2) is 11.7. The van der Waals surface area contributed by atoms with Crippen molar-refractivity contribution in [1.29, 1.82) is 0 Å². The number of hydrogen-bond acceptors (Lipinski definition) is 9. The molecule has 5 fully saturated rings. The molecule has 1 saturated heterocycles. The van der Waals surface area contributed by atoms with Gasteiger partial charge in [-0.2, -0.15) is 0 Å². The topological polar surface area (TPSA) is 144 Å². The summed E-state index contributed by atoms with van der Waals surface area (Å²) in [4.78, 5) is 68.7. The molecule has 51 heavy (non-hydrogen) atoms. The van der Waals surface area contributed by atoms with Crippen LogP contribution in [-0.2, 0) is 30.5 Å². The molecule has 7 rings (SSSR count). The minimum atomic E-state index is -0.999. The van der Waals surface area contributed by atoms with Crippen LogP contribution >= 0.6 is 0 Å². The summed E-state index contributed by atoms with van der Waals surface area (Å²) in [6.07, 6.45) is 9.65. The van der Waals surface area contributed by atoms with Crippen molar-refractivity contribution in [2.45, 2.75) is 132 Å². The number of fused-ring (bicyclic) bond motifs is 7. The number of hydrogen-bond donors (Lipinski definition) is 1. The number of esters is 1.